The molecular formula is C22H25FN4O5S. The van der Waals surface area contributed by atoms with Gasteiger partial charge < -0.3 is 29.4 Å². The molecular weight excluding hydrogens is 451 g/mol. The van der Waals surface area contributed by atoms with Gasteiger partial charge >= 0.3 is 0 Å². The highest BCUT2D eigenvalue weighted by atomic mass is 32.2. The third-order valence-corrected chi connectivity index (χ3v) is 5.48. The average Bonchev–Trinajstić information content (AvgIpc) is 3.13. The van der Waals surface area contributed by atoms with Gasteiger partial charge in [0.2, 0.25) is 0 Å². The number of rotatable bonds is 8. The van der Waals surface area contributed by atoms with E-state index in [2.05, 4.69) is 25.9 Å². The second-order valence-electron chi connectivity index (χ2n) is 7.66. The maximum atomic E-state index is 14.0. The molecule has 0 amide bonds. The Balaban J connectivity index is 1.75. The number of aromatic nitrogens is 2. The molecule has 3 atom stereocenters. The fourth-order valence-corrected chi connectivity index (χ4v) is 4.07. The van der Waals surface area contributed by atoms with E-state index in [-0.39, 0.29) is 19.0 Å². The minimum Gasteiger partial charge on any atom is -0.493 e. The first-order chi connectivity index (χ1) is 15.7. The van der Waals surface area contributed by atoms with Crippen molar-refractivity contribution < 1.29 is 27.9 Å². The number of aliphatic hydroxyl groups excluding tert-OH is 1. The maximum absolute atomic E-state index is 14.0. The molecule has 33 heavy (non-hydrogen) atoms. The summed E-state index contributed by atoms with van der Waals surface area (Å²) >= 11 is 0. The van der Waals surface area contributed by atoms with Gasteiger partial charge in [-0.15, -0.1) is 0 Å². The Bertz CT molecular complexity index is 1270. The lowest BCUT2D eigenvalue weighted by atomic mass is 10.1. The number of fused-ring (bicyclic) bond motifs is 1. The lowest BCUT2D eigenvalue weighted by molar-refractivity contribution is 0.0736. The van der Waals surface area contributed by atoms with Crippen LogP contribution in [0.4, 0.5) is 21.6 Å². The van der Waals surface area contributed by atoms with Crippen molar-refractivity contribution in [3.8, 4) is 11.5 Å². The monoisotopic (exact) mass is 476 g/mol. The molecule has 0 saturated carbocycles. The molecule has 0 bridgehead atoms. The van der Waals surface area contributed by atoms with Crippen LogP contribution >= 0.6 is 0 Å². The molecule has 2 heterocycles. The summed E-state index contributed by atoms with van der Waals surface area (Å²) in [6.07, 6.45) is 1.44. The third kappa shape index (κ3) is 5.44. The van der Waals surface area contributed by atoms with E-state index in [1.165, 1.54) is 30.8 Å². The quantitative estimate of drug-likeness (QED) is 0.425. The molecule has 4 rings (SSSR count). The van der Waals surface area contributed by atoms with E-state index >= 15 is 0 Å². The van der Waals surface area contributed by atoms with Crippen molar-refractivity contribution in [3.05, 3.63) is 42.5 Å². The Labute approximate surface area is 191 Å². The molecule has 0 aliphatic carbocycles. The lowest BCUT2D eigenvalue weighted by Crippen LogP contribution is -2.30. The topological polar surface area (TPSA) is 115 Å². The number of anilines is 3. The van der Waals surface area contributed by atoms with Crippen molar-refractivity contribution in [2.75, 3.05) is 36.1 Å². The van der Waals surface area contributed by atoms with Crippen molar-refractivity contribution in [3.63, 3.8) is 0 Å². The number of aliphatic hydroxyl groups is 1. The zero-order valence-electron chi connectivity index (χ0n) is 18.2. The van der Waals surface area contributed by atoms with Gasteiger partial charge in [0.05, 0.1) is 42.1 Å². The normalized spacial score (nSPS) is 19.8. The molecule has 3 N–H and O–H groups in total. The zero-order chi connectivity index (χ0) is 23.6. The predicted octanol–water partition coefficient (Wildman–Crippen LogP) is 2.72. The van der Waals surface area contributed by atoms with Gasteiger partial charge in [-0.25, -0.2) is 18.6 Å². The second kappa shape index (κ2) is 9.38. The number of benzene rings is 2. The van der Waals surface area contributed by atoms with Gasteiger partial charge in [0, 0.05) is 28.1 Å². The molecule has 1 aromatic heterocycles. The van der Waals surface area contributed by atoms with Crippen LogP contribution in [0, 0.1) is 5.82 Å². The summed E-state index contributed by atoms with van der Waals surface area (Å²) in [5.41, 5.74) is 1.52. The first-order valence-electron chi connectivity index (χ1n) is 10.2. The molecule has 9 nitrogen and oxygen atoms in total. The van der Waals surface area contributed by atoms with E-state index in [0.717, 1.165) is 0 Å². The van der Waals surface area contributed by atoms with Crippen LogP contribution in [-0.4, -0.2) is 63.4 Å². The highest BCUT2D eigenvalue weighted by Gasteiger charge is 2.29. The SMILES string of the molecule is C=S(C)(=O)Nc1cc(OCC)c2c(Nc3ccc(F)cc3OC3COCC3O)ncnc2c1. The third-order valence-electron chi connectivity index (χ3n) is 4.81. The molecule has 3 aromatic rings. The smallest absolute Gasteiger partial charge is 0.150 e. The van der Waals surface area contributed by atoms with Gasteiger partial charge in [0.15, 0.2) is 6.10 Å². The van der Waals surface area contributed by atoms with E-state index in [1.54, 1.807) is 12.1 Å². The number of nitrogens with zero attached hydrogens (tertiary/aromatic N) is 2. The van der Waals surface area contributed by atoms with Crippen LogP contribution < -0.4 is 19.5 Å². The lowest BCUT2D eigenvalue weighted by Gasteiger charge is -2.20. The molecule has 1 saturated heterocycles. The second-order valence-corrected chi connectivity index (χ2v) is 9.87. The van der Waals surface area contributed by atoms with Gasteiger partial charge in [0.25, 0.3) is 0 Å². The number of hydrogen-bond donors (Lipinski definition) is 3. The van der Waals surface area contributed by atoms with Crippen LogP contribution in [0.1, 0.15) is 6.92 Å². The summed E-state index contributed by atoms with van der Waals surface area (Å²) in [6.45, 7) is 2.58. The summed E-state index contributed by atoms with van der Waals surface area (Å²) in [4.78, 5) is 8.67. The Morgan fingerprint density at radius 2 is 2.09 bits per heavy atom. The largest absolute Gasteiger partial charge is 0.493 e. The van der Waals surface area contributed by atoms with Crippen LogP contribution in [0.25, 0.3) is 10.9 Å². The van der Waals surface area contributed by atoms with Crippen molar-refractivity contribution >= 4 is 43.7 Å². The summed E-state index contributed by atoms with van der Waals surface area (Å²) in [7, 11) is -2.51. The fraction of sp³-hybridized carbons (Fsp3) is 0.318. The highest BCUT2D eigenvalue weighted by molar-refractivity contribution is 8.00. The zero-order valence-corrected chi connectivity index (χ0v) is 19.0. The minimum absolute atomic E-state index is 0.158. The Morgan fingerprint density at radius 3 is 2.79 bits per heavy atom. The summed E-state index contributed by atoms with van der Waals surface area (Å²) in [6, 6.07) is 7.45. The van der Waals surface area contributed by atoms with Crippen LogP contribution in [0.3, 0.4) is 0 Å². The first kappa shape index (κ1) is 23.0. The summed E-state index contributed by atoms with van der Waals surface area (Å²) in [5.74, 6) is 4.21. The summed E-state index contributed by atoms with van der Waals surface area (Å²) < 4.78 is 45.8. The molecule has 176 valence electrons. The molecule has 11 heteroatoms. The van der Waals surface area contributed by atoms with Gasteiger partial charge in [-0.1, -0.05) is 0 Å². The number of halogens is 1. The van der Waals surface area contributed by atoms with Crippen LogP contribution in [-0.2, 0) is 14.4 Å². The Morgan fingerprint density at radius 1 is 1.27 bits per heavy atom. The number of hydrogen-bond acceptors (Lipinski definition) is 8. The molecule has 0 radical (unpaired) electrons. The molecule has 2 aromatic carbocycles. The summed E-state index contributed by atoms with van der Waals surface area (Å²) in [5, 5.41) is 13.8. The molecule has 3 unspecified atom stereocenters. The minimum atomic E-state index is -2.51. The van der Waals surface area contributed by atoms with Crippen LogP contribution in [0.2, 0.25) is 0 Å². The predicted molar refractivity (Wildman–Crippen MR) is 126 cm³/mol. The van der Waals surface area contributed by atoms with Gasteiger partial charge in [-0.05, 0) is 31.0 Å². The van der Waals surface area contributed by atoms with E-state index in [4.69, 9.17) is 14.2 Å². The van der Waals surface area contributed by atoms with Crippen molar-refractivity contribution in [2.45, 2.75) is 19.1 Å². The first-order valence-corrected chi connectivity index (χ1v) is 12.4. The Kier molecular flexibility index (Phi) is 6.54. The van der Waals surface area contributed by atoms with Crippen molar-refractivity contribution in [1.29, 1.82) is 0 Å². The van der Waals surface area contributed by atoms with Gasteiger partial charge in [0.1, 0.15) is 35.6 Å². The van der Waals surface area contributed by atoms with E-state index in [1.807, 2.05) is 6.92 Å². The van der Waals surface area contributed by atoms with E-state index in [0.29, 0.717) is 40.5 Å². The standard InChI is InChI=1S/C22H25FN4O5S/c1-4-31-19-9-14(27-33(2,3)29)8-16-21(19)22(25-12-24-16)26-15-6-5-13(23)7-18(15)32-20-11-30-10-17(20)28/h5-9,12,17,20,28H,2,4,10-11H2,1,3H3,(H,27,29)(H,24,25,26). The van der Waals surface area contributed by atoms with E-state index < -0.39 is 27.7 Å². The highest BCUT2D eigenvalue weighted by Crippen LogP contribution is 2.37. The van der Waals surface area contributed by atoms with Gasteiger partial charge in [-0.3, -0.25) is 0 Å². The molecule has 1 fully saturated rings. The van der Waals surface area contributed by atoms with Crippen LogP contribution in [0.5, 0.6) is 11.5 Å². The molecule has 0 spiro atoms. The Hall–Kier alpha value is -3.15. The average molecular weight is 477 g/mol. The fourth-order valence-electron chi connectivity index (χ4n) is 3.45. The maximum Gasteiger partial charge on any atom is 0.150 e. The van der Waals surface area contributed by atoms with E-state index in [9.17, 15) is 13.7 Å². The molecule has 1 aliphatic heterocycles. The van der Waals surface area contributed by atoms with Crippen molar-refractivity contribution in [2.24, 2.45) is 0 Å². The number of ether oxygens (including phenoxy) is 3. The van der Waals surface area contributed by atoms with Gasteiger partial charge in [-0.2, -0.15) is 0 Å². The van der Waals surface area contributed by atoms with Crippen LogP contribution in [0.15, 0.2) is 36.7 Å². The molecule has 1 aliphatic rings. The van der Waals surface area contributed by atoms with Crippen molar-refractivity contribution in [1.82, 2.24) is 9.97 Å². The number of nitrogens with one attached hydrogen (secondary N) is 2.